The quantitative estimate of drug-likeness (QED) is 0.867. The van der Waals surface area contributed by atoms with Crippen LogP contribution in [0.3, 0.4) is 0 Å². The molecule has 1 heterocycles. The molecule has 1 amide bonds. The maximum absolute atomic E-state index is 12.5. The van der Waals surface area contributed by atoms with Crippen LogP contribution in [0.1, 0.15) is 19.8 Å². The number of nitrogens with zero attached hydrogens (tertiary/aromatic N) is 1. The molecule has 2 rings (SSSR count). The smallest absolute Gasteiger partial charge is 0.263 e. The van der Waals surface area contributed by atoms with Crippen molar-refractivity contribution in [1.29, 1.82) is 0 Å². The first-order valence-corrected chi connectivity index (χ1v) is 7.85. The first kappa shape index (κ1) is 19.4. The maximum atomic E-state index is 12.5. The molecule has 1 fully saturated rings. The molecule has 1 N–H and O–H groups in total. The summed E-state index contributed by atoms with van der Waals surface area (Å²) >= 11 is 11.8. The molecular weight excluding hydrogens is 347 g/mol. The predicted molar refractivity (Wildman–Crippen MR) is 92.5 cm³/mol. The number of ether oxygens (including phenoxy) is 1. The minimum Gasteiger partial charge on any atom is -0.481 e. The Morgan fingerprint density at radius 1 is 1.45 bits per heavy atom. The highest BCUT2D eigenvalue weighted by molar-refractivity contribution is 6.42. The van der Waals surface area contributed by atoms with Crippen LogP contribution in [0.15, 0.2) is 18.2 Å². The van der Waals surface area contributed by atoms with Crippen LogP contribution in [0.4, 0.5) is 0 Å². The van der Waals surface area contributed by atoms with Crippen molar-refractivity contribution in [2.24, 2.45) is 0 Å². The molecule has 1 aliphatic heterocycles. The Labute approximate surface area is 147 Å². The van der Waals surface area contributed by atoms with Crippen LogP contribution in [-0.4, -0.2) is 43.1 Å². The molecule has 1 saturated heterocycles. The molecule has 0 radical (unpaired) electrons. The summed E-state index contributed by atoms with van der Waals surface area (Å²) in [7, 11) is 1.90. The molecule has 7 heteroatoms. The van der Waals surface area contributed by atoms with Crippen LogP contribution < -0.4 is 10.1 Å². The van der Waals surface area contributed by atoms with Crippen LogP contribution in [-0.2, 0) is 4.79 Å². The summed E-state index contributed by atoms with van der Waals surface area (Å²) in [5.74, 6) is 0.563. The third kappa shape index (κ3) is 4.66. The molecule has 0 aromatic heterocycles. The number of carbonyl (C=O) groups excluding carboxylic acids is 1. The average Bonchev–Trinajstić information content (AvgIpc) is 2.90. The van der Waals surface area contributed by atoms with Gasteiger partial charge in [-0.15, -0.1) is 12.4 Å². The van der Waals surface area contributed by atoms with E-state index in [0.29, 0.717) is 15.8 Å². The van der Waals surface area contributed by atoms with Crippen LogP contribution in [0, 0.1) is 0 Å². The summed E-state index contributed by atoms with van der Waals surface area (Å²) in [5.41, 5.74) is 0. The Kier molecular flexibility index (Phi) is 7.77. The standard InChI is InChI=1S/C15H20Cl2N2O2.ClH/c1-10(21-12-5-6-13(16)14(17)8-12)15(20)19-7-3-4-11(19)9-18-2;/h5-6,8,10-11,18H,3-4,7,9H2,1-2H3;1H. The van der Waals surface area contributed by atoms with Gasteiger partial charge in [-0.1, -0.05) is 23.2 Å². The Morgan fingerprint density at radius 2 is 2.18 bits per heavy atom. The molecule has 1 aromatic rings. The Bertz CT molecular complexity index is 514. The van der Waals surface area contributed by atoms with Gasteiger partial charge >= 0.3 is 0 Å². The Hall–Kier alpha value is -0.680. The zero-order chi connectivity index (χ0) is 15.4. The first-order chi connectivity index (χ1) is 10.0. The third-order valence-electron chi connectivity index (χ3n) is 3.65. The second kappa shape index (κ2) is 8.82. The summed E-state index contributed by atoms with van der Waals surface area (Å²) in [4.78, 5) is 14.4. The van der Waals surface area contributed by atoms with Crippen molar-refractivity contribution in [2.75, 3.05) is 20.1 Å². The van der Waals surface area contributed by atoms with Gasteiger partial charge in [0.2, 0.25) is 0 Å². The highest BCUT2D eigenvalue weighted by Crippen LogP contribution is 2.27. The van der Waals surface area contributed by atoms with Crippen molar-refractivity contribution in [1.82, 2.24) is 10.2 Å². The van der Waals surface area contributed by atoms with E-state index in [9.17, 15) is 4.79 Å². The van der Waals surface area contributed by atoms with Gasteiger partial charge < -0.3 is 15.0 Å². The Balaban J connectivity index is 0.00000242. The van der Waals surface area contributed by atoms with E-state index in [-0.39, 0.29) is 24.4 Å². The van der Waals surface area contributed by atoms with Gasteiger partial charge in [0, 0.05) is 25.2 Å². The number of carbonyl (C=O) groups is 1. The first-order valence-electron chi connectivity index (χ1n) is 7.09. The topological polar surface area (TPSA) is 41.6 Å². The fourth-order valence-corrected chi connectivity index (χ4v) is 2.90. The van der Waals surface area contributed by atoms with Gasteiger partial charge in [-0.25, -0.2) is 0 Å². The number of nitrogens with one attached hydrogen (secondary N) is 1. The van der Waals surface area contributed by atoms with E-state index in [2.05, 4.69) is 5.32 Å². The molecule has 0 bridgehead atoms. The number of amides is 1. The lowest BCUT2D eigenvalue weighted by atomic mass is 10.2. The zero-order valence-corrected chi connectivity index (χ0v) is 15.0. The van der Waals surface area contributed by atoms with Crippen molar-refractivity contribution in [3.63, 3.8) is 0 Å². The monoisotopic (exact) mass is 366 g/mol. The summed E-state index contributed by atoms with van der Waals surface area (Å²) in [6, 6.07) is 5.26. The van der Waals surface area contributed by atoms with E-state index in [1.807, 2.05) is 11.9 Å². The number of benzene rings is 1. The number of rotatable bonds is 5. The molecule has 2 atom stereocenters. The van der Waals surface area contributed by atoms with E-state index >= 15 is 0 Å². The Morgan fingerprint density at radius 3 is 2.82 bits per heavy atom. The molecule has 124 valence electrons. The SMILES string of the molecule is CNCC1CCCN1C(=O)C(C)Oc1ccc(Cl)c(Cl)c1.Cl. The van der Waals surface area contributed by atoms with Gasteiger partial charge in [0.25, 0.3) is 5.91 Å². The lowest BCUT2D eigenvalue weighted by molar-refractivity contribution is -0.138. The second-order valence-electron chi connectivity index (χ2n) is 5.22. The van der Waals surface area contributed by atoms with Gasteiger partial charge in [0.15, 0.2) is 6.10 Å². The lowest BCUT2D eigenvalue weighted by Crippen LogP contribution is -2.46. The zero-order valence-electron chi connectivity index (χ0n) is 12.6. The van der Waals surface area contributed by atoms with Gasteiger partial charge in [-0.05, 0) is 38.9 Å². The number of halogens is 3. The molecular formula is C15H21Cl3N2O2. The fourth-order valence-electron chi connectivity index (χ4n) is 2.61. The number of hydrogen-bond donors (Lipinski definition) is 1. The summed E-state index contributed by atoms with van der Waals surface area (Å²) in [5, 5.41) is 4.02. The minimum absolute atomic E-state index is 0. The summed E-state index contributed by atoms with van der Waals surface area (Å²) in [6.45, 7) is 3.37. The van der Waals surface area contributed by atoms with Crippen molar-refractivity contribution >= 4 is 41.5 Å². The maximum Gasteiger partial charge on any atom is 0.263 e. The molecule has 22 heavy (non-hydrogen) atoms. The normalized spacial score (nSPS) is 18.7. The van der Waals surface area contributed by atoms with E-state index in [1.54, 1.807) is 25.1 Å². The van der Waals surface area contributed by atoms with Crippen LogP contribution in [0.25, 0.3) is 0 Å². The third-order valence-corrected chi connectivity index (χ3v) is 4.39. The van der Waals surface area contributed by atoms with Crippen molar-refractivity contribution < 1.29 is 9.53 Å². The highest BCUT2D eigenvalue weighted by atomic mass is 35.5. The van der Waals surface area contributed by atoms with Crippen LogP contribution in [0.5, 0.6) is 5.75 Å². The highest BCUT2D eigenvalue weighted by Gasteiger charge is 2.31. The molecule has 4 nitrogen and oxygen atoms in total. The van der Waals surface area contributed by atoms with Crippen molar-refractivity contribution in [3.05, 3.63) is 28.2 Å². The van der Waals surface area contributed by atoms with Crippen LogP contribution >= 0.6 is 35.6 Å². The largest absolute Gasteiger partial charge is 0.481 e. The van der Waals surface area contributed by atoms with E-state index < -0.39 is 6.10 Å². The van der Waals surface area contributed by atoms with Gasteiger partial charge in [-0.2, -0.15) is 0 Å². The number of likely N-dealkylation sites (tertiary alicyclic amines) is 1. The number of likely N-dealkylation sites (N-methyl/N-ethyl adjacent to an activating group) is 1. The summed E-state index contributed by atoms with van der Waals surface area (Å²) < 4.78 is 5.70. The fraction of sp³-hybridized carbons (Fsp3) is 0.533. The van der Waals surface area contributed by atoms with E-state index in [1.165, 1.54) is 0 Å². The number of hydrogen-bond acceptors (Lipinski definition) is 3. The molecule has 2 unspecified atom stereocenters. The van der Waals surface area contributed by atoms with Gasteiger partial charge in [0.05, 0.1) is 10.0 Å². The molecule has 0 saturated carbocycles. The van der Waals surface area contributed by atoms with Crippen molar-refractivity contribution in [2.45, 2.75) is 31.9 Å². The molecule has 0 aliphatic carbocycles. The predicted octanol–water partition coefficient (Wildman–Crippen LogP) is 3.39. The van der Waals surface area contributed by atoms with E-state index in [4.69, 9.17) is 27.9 Å². The second-order valence-corrected chi connectivity index (χ2v) is 6.04. The molecule has 1 aromatic carbocycles. The summed E-state index contributed by atoms with van der Waals surface area (Å²) in [6.07, 6.45) is 1.53. The molecule has 0 spiro atoms. The molecule has 1 aliphatic rings. The lowest BCUT2D eigenvalue weighted by Gasteiger charge is -2.27. The van der Waals surface area contributed by atoms with Gasteiger partial charge in [0.1, 0.15) is 5.75 Å². The van der Waals surface area contributed by atoms with Crippen LogP contribution in [0.2, 0.25) is 10.0 Å². The van der Waals surface area contributed by atoms with E-state index in [0.717, 1.165) is 25.9 Å². The van der Waals surface area contributed by atoms with Crippen molar-refractivity contribution in [3.8, 4) is 5.75 Å². The average molecular weight is 368 g/mol. The minimum atomic E-state index is -0.542. The van der Waals surface area contributed by atoms with Gasteiger partial charge in [-0.3, -0.25) is 4.79 Å².